The van der Waals surface area contributed by atoms with E-state index < -0.39 is 12.1 Å². The van der Waals surface area contributed by atoms with Gasteiger partial charge in [0.25, 0.3) is 0 Å². The molecule has 1 radical (unpaired) electrons. The third-order valence-corrected chi connectivity index (χ3v) is 5.50. The maximum Gasteiger partial charge on any atom is 0.229 e. The Bertz CT molecular complexity index is 731. The van der Waals surface area contributed by atoms with Gasteiger partial charge in [0.15, 0.2) is 0 Å². The Morgan fingerprint density at radius 3 is 2.68 bits per heavy atom. The van der Waals surface area contributed by atoms with Crippen LogP contribution in [0.15, 0.2) is 24.3 Å². The van der Waals surface area contributed by atoms with Crippen molar-refractivity contribution in [3.63, 3.8) is 0 Å². The van der Waals surface area contributed by atoms with Gasteiger partial charge in [-0.25, -0.2) is 11.0 Å². The summed E-state index contributed by atoms with van der Waals surface area (Å²) in [5.74, 6) is -0.431. The molecule has 0 aliphatic heterocycles. The van der Waals surface area contributed by atoms with Gasteiger partial charge in [0.05, 0.1) is 6.10 Å². The standard InChI is InChI=1S/C18H18FN2O2S.Y/c1-20-14-9-15(23)18(11-5-7-12(22)8-6-11)13(14)3-2-4-17-21-16(19)10-24-17;/h5-8,13-15,18,22-23H,2-4,9H2;/q-1;/t13?,14-,15-,18?;/m1./s1. The van der Waals surface area contributed by atoms with Crippen LogP contribution in [0.25, 0.3) is 4.85 Å². The maximum atomic E-state index is 12.9. The van der Waals surface area contributed by atoms with Gasteiger partial charge < -0.3 is 31.4 Å². The normalized spacial score (nSPS) is 25.3. The summed E-state index contributed by atoms with van der Waals surface area (Å²) in [7, 11) is 0. The molecule has 0 spiro atoms. The number of halogens is 1. The number of aromatic hydroxyl groups is 1. The molecule has 2 N–H and O–H groups in total. The Kier molecular flexibility index (Phi) is 7.51. The van der Waals surface area contributed by atoms with Crippen molar-refractivity contribution in [2.75, 3.05) is 0 Å². The van der Waals surface area contributed by atoms with Crippen molar-refractivity contribution >= 4 is 11.3 Å². The fourth-order valence-corrected chi connectivity index (χ4v) is 4.25. The van der Waals surface area contributed by atoms with Gasteiger partial charge >= 0.3 is 0 Å². The molecule has 1 aromatic heterocycles. The molecule has 2 aromatic rings. The summed E-state index contributed by atoms with van der Waals surface area (Å²) in [5, 5.41) is 23.1. The first kappa shape index (κ1) is 20.4. The van der Waals surface area contributed by atoms with Gasteiger partial charge in [-0.2, -0.15) is 0 Å². The fraction of sp³-hybridized carbons (Fsp3) is 0.444. The van der Waals surface area contributed by atoms with Gasteiger partial charge in [-0.15, -0.1) is 5.38 Å². The largest absolute Gasteiger partial charge is 0.508 e. The molecule has 1 fully saturated rings. The zero-order valence-electron chi connectivity index (χ0n) is 13.6. The first-order chi connectivity index (χ1) is 11.6. The summed E-state index contributed by atoms with van der Waals surface area (Å²) in [6, 6.07) is 6.64. The molecule has 4 nitrogen and oxygen atoms in total. The first-order valence-electron chi connectivity index (χ1n) is 7.95. The Morgan fingerprint density at radius 2 is 2.08 bits per heavy atom. The second kappa shape index (κ2) is 9.18. The minimum Gasteiger partial charge on any atom is -0.508 e. The monoisotopic (exact) mass is 434 g/mol. The van der Waals surface area contributed by atoms with Crippen molar-refractivity contribution < 1.29 is 47.3 Å². The van der Waals surface area contributed by atoms with Crippen molar-refractivity contribution in [2.24, 2.45) is 5.92 Å². The van der Waals surface area contributed by atoms with Crippen molar-refractivity contribution in [1.29, 1.82) is 0 Å². The van der Waals surface area contributed by atoms with Crippen LogP contribution >= 0.6 is 11.3 Å². The van der Waals surface area contributed by atoms with Crippen LogP contribution in [0.5, 0.6) is 5.75 Å². The predicted octanol–water partition coefficient (Wildman–Crippen LogP) is 3.56. The summed E-state index contributed by atoms with van der Waals surface area (Å²) >= 11 is 1.19. The molecule has 1 aliphatic rings. The number of benzene rings is 1. The molecular weight excluding hydrogens is 416 g/mol. The average Bonchev–Trinajstić information content (AvgIpc) is 3.12. The number of aliphatic hydroxyl groups is 1. The number of aromatic nitrogens is 1. The van der Waals surface area contributed by atoms with E-state index in [0.29, 0.717) is 17.8 Å². The van der Waals surface area contributed by atoms with E-state index in [0.717, 1.165) is 18.4 Å². The van der Waals surface area contributed by atoms with E-state index in [1.807, 2.05) is 12.1 Å². The van der Waals surface area contributed by atoms with Crippen LogP contribution in [-0.4, -0.2) is 27.3 Å². The van der Waals surface area contributed by atoms with Crippen LogP contribution in [-0.2, 0) is 39.1 Å². The number of phenolic OH excluding ortho intramolecular Hbond substituents is 1. The third kappa shape index (κ3) is 4.85. The SMILES string of the molecule is [C-]#[N+][C@@H]1C[C@@H](O)C(c2ccc(O)cc2)C1CCCc1nc(F)[c-]s1.[Y]. The molecule has 1 aliphatic carbocycles. The number of aryl methyl sites for hydroxylation is 1. The zero-order valence-corrected chi connectivity index (χ0v) is 17.3. The Hall–Kier alpha value is -0.866. The molecule has 4 atom stereocenters. The quantitative estimate of drug-likeness (QED) is 0.708. The van der Waals surface area contributed by atoms with E-state index >= 15 is 0 Å². The van der Waals surface area contributed by atoms with E-state index in [9.17, 15) is 14.6 Å². The van der Waals surface area contributed by atoms with E-state index in [4.69, 9.17) is 6.57 Å². The number of thiazole rings is 1. The fourth-order valence-electron chi connectivity index (χ4n) is 3.63. The van der Waals surface area contributed by atoms with Crippen LogP contribution in [0, 0.1) is 23.8 Å². The van der Waals surface area contributed by atoms with Gasteiger partial charge in [-0.3, -0.25) is 0 Å². The topological polar surface area (TPSA) is 57.7 Å². The van der Waals surface area contributed by atoms with E-state index in [1.54, 1.807) is 12.1 Å². The average molecular weight is 434 g/mol. The van der Waals surface area contributed by atoms with Crippen molar-refractivity contribution in [1.82, 2.24) is 4.98 Å². The number of aliphatic hydroxyl groups excluding tert-OH is 1. The molecule has 0 bridgehead atoms. The molecule has 0 amide bonds. The molecular formula is C18H18FN2O2SY-. The molecule has 3 rings (SSSR count). The van der Waals surface area contributed by atoms with Crippen LogP contribution in [0.2, 0.25) is 0 Å². The van der Waals surface area contributed by atoms with E-state index in [2.05, 4.69) is 15.2 Å². The third-order valence-electron chi connectivity index (χ3n) is 4.70. The number of rotatable bonds is 5. The number of phenols is 1. The summed E-state index contributed by atoms with van der Waals surface area (Å²) in [6.45, 7) is 7.42. The molecule has 7 heteroatoms. The van der Waals surface area contributed by atoms with Crippen molar-refractivity contribution in [2.45, 2.75) is 43.7 Å². The van der Waals surface area contributed by atoms with Gasteiger partial charge in [-0.05, 0) is 24.1 Å². The minimum atomic E-state index is -0.563. The number of hydrogen-bond donors (Lipinski definition) is 2. The number of hydrogen-bond acceptors (Lipinski definition) is 4. The summed E-state index contributed by atoms with van der Waals surface area (Å²) in [6.07, 6.45) is 2.14. The van der Waals surface area contributed by atoms with E-state index in [-0.39, 0.29) is 56.3 Å². The zero-order chi connectivity index (χ0) is 17.1. The predicted molar refractivity (Wildman–Crippen MR) is 89.2 cm³/mol. The molecule has 1 heterocycles. The summed E-state index contributed by atoms with van der Waals surface area (Å²) in [5.41, 5.74) is 0.949. The van der Waals surface area contributed by atoms with Gasteiger partial charge in [0, 0.05) is 51.0 Å². The minimum absolute atomic E-state index is 0. The molecule has 1 aromatic carbocycles. The second-order valence-corrected chi connectivity index (χ2v) is 7.05. The van der Waals surface area contributed by atoms with Gasteiger partial charge in [0.1, 0.15) is 11.7 Å². The molecule has 0 saturated heterocycles. The Balaban J connectivity index is 0.00000225. The van der Waals surface area contributed by atoms with Crippen LogP contribution in [0.4, 0.5) is 4.39 Å². The van der Waals surface area contributed by atoms with Crippen molar-refractivity contribution in [3.05, 3.63) is 57.6 Å². The molecule has 129 valence electrons. The molecule has 25 heavy (non-hydrogen) atoms. The van der Waals surface area contributed by atoms with Gasteiger partial charge in [0.2, 0.25) is 6.04 Å². The smallest absolute Gasteiger partial charge is 0.229 e. The summed E-state index contributed by atoms with van der Waals surface area (Å²) < 4.78 is 12.9. The van der Waals surface area contributed by atoms with E-state index in [1.165, 1.54) is 11.3 Å². The van der Waals surface area contributed by atoms with Crippen LogP contribution in [0.1, 0.15) is 35.8 Å². The maximum absolute atomic E-state index is 12.9. The Morgan fingerprint density at radius 1 is 1.36 bits per heavy atom. The summed E-state index contributed by atoms with van der Waals surface area (Å²) in [4.78, 5) is 7.48. The molecule has 1 saturated carbocycles. The second-order valence-electron chi connectivity index (χ2n) is 6.17. The Labute approximate surface area is 175 Å². The van der Waals surface area contributed by atoms with Crippen molar-refractivity contribution in [3.8, 4) is 5.75 Å². The number of nitrogens with zero attached hydrogens (tertiary/aromatic N) is 2. The molecule has 2 unspecified atom stereocenters. The van der Waals surface area contributed by atoms with Gasteiger partial charge in [-0.1, -0.05) is 30.0 Å². The van der Waals surface area contributed by atoms with Crippen LogP contribution < -0.4 is 0 Å². The first-order valence-corrected chi connectivity index (χ1v) is 8.76. The van der Waals surface area contributed by atoms with Crippen LogP contribution in [0.3, 0.4) is 0 Å².